The van der Waals surface area contributed by atoms with Crippen LogP contribution in [0, 0.1) is 0 Å². The Balaban J connectivity index is 2.34. The monoisotopic (exact) mass is 249 g/mol. The van der Waals surface area contributed by atoms with E-state index in [4.69, 9.17) is 0 Å². The van der Waals surface area contributed by atoms with Gasteiger partial charge in [0.15, 0.2) is 0 Å². The Morgan fingerprint density at radius 1 is 1.41 bits per heavy atom. The molecule has 0 atom stereocenters. The summed E-state index contributed by atoms with van der Waals surface area (Å²) in [7, 11) is -0.387. The minimum absolute atomic E-state index is 0.748. The third-order valence-electron chi connectivity index (χ3n) is 2.79. The van der Waals surface area contributed by atoms with Crippen molar-refractivity contribution >= 4 is 24.8 Å². The van der Waals surface area contributed by atoms with Crippen LogP contribution in [-0.2, 0) is 6.42 Å². The standard InChI is InChI=1S/C12H19N3OSi/c1-13-7-6-9-4-5-10-11(8-9)15-12(14-10)17(2,3)16/h4-5,8,13,16H,6-7H2,1-3H3,(H,14,15). The van der Waals surface area contributed by atoms with Gasteiger partial charge in [-0.3, -0.25) is 0 Å². The number of aromatic amines is 1. The second-order valence-corrected chi connectivity index (χ2v) is 8.44. The highest BCUT2D eigenvalue weighted by Gasteiger charge is 2.24. The lowest BCUT2D eigenvalue weighted by Gasteiger charge is -2.08. The van der Waals surface area contributed by atoms with E-state index >= 15 is 0 Å². The Bertz CT molecular complexity index is 516. The number of fused-ring (bicyclic) bond motifs is 1. The molecule has 0 amide bonds. The number of nitrogens with one attached hydrogen (secondary N) is 2. The number of likely N-dealkylation sites (N-methyl/N-ethyl adjacent to an activating group) is 1. The van der Waals surface area contributed by atoms with Gasteiger partial charge in [-0.25, -0.2) is 4.98 Å². The Morgan fingerprint density at radius 2 is 2.18 bits per heavy atom. The highest BCUT2D eigenvalue weighted by atomic mass is 28.4. The van der Waals surface area contributed by atoms with Crippen LogP contribution < -0.4 is 10.8 Å². The van der Waals surface area contributed by atoms with Crippen LogP contribution in [0.1, 0.15) is 5.56 Å². The summed E-state index contributed by atoms with van der Waals surface area (Å²) in [6, 6.07) is 6.22. The molecule has 0 unspecified atom stereocenters. The number of rotatable bonds is 4. The quantitative estimate of drug-likeness (QED) is 0.700. The van der Waals surface area contributed by atoms with Crippen molar-refractivity contribution < 1.29 is 4.80 Å². The van der Waals surface area contributed by atoms with Crippen LogP contribution in [0.15, 0.2) is 18.2 Å². The molecular weight excluding hydrogens is 230 g/mol. The molecule has 0 bridgehead atoms. The lowest BCUT2D eigenvalue weighted by Crippen LogP contribution is -2.44. The summed E-state index contributed by atoms with van der Waals surface area (Å²) >= 11 is 0. The van der Waals surface area contributed by atoms with Gasteiger partial charge in [-0.05, 0) is 50.8 Å². The van der Waals surface area contributed by atoms with Crippen LogP contribution in [0.25, 0.3) is 11.0 Å². The molecule has 5 heteroatoms. The van der Waals surface area contributed by atoms with Gasteiger partial charge in [0, 0.05) is 0 Å². The van der Waals surface area contributed by atoms with E-state index in [1.807, 2.05) is 26.2 Å². The number of H-pyrrole nitrogens is 1. The van der Waals surface area contributed by atoms with Crippen molar-refractivity contribution in [2.45, 2.75) is 19.5 Å². The normalized spacial score (nSPS) is 12.2. The largest absolute Gasteiger partial charge is 0.425 e. The lowest BCUT2D eigenvalue weighted by molar-refractivity contribution is 0.565. The Morgan fingerprint density at radius 3 is 2.82 bits per heavy atom. The van der Waals surface area contributed by atoms with Crippen LogP contribution in [0.5, 0.6) is 0 Å². The second kappa shape index (κ2) is 4.60. The van der Waals surface area contributed by atoms with Crippen molar-refractivity contribution in [1.82, 2.24) is 15.3 Å². The fourth-order valence-corrected chi connectivity index (χ4v) is 2.61. The average molecular weight is 249 g/mol. The van der Waals surface area contributed by atoms with Gasteiger partial charge in [-0.1, -0.05) is 6.07 Å². The molecule has 92 valence electrons. The van der Waals surface area contributed by atoms with E-state index < -0.39 is 8.32 Å². The molecular formula is C12H19N3OSi. The third kappa shape index (κ3) is 2.74. The van der Waals surface area contributed by atoms with Gasteiger partial charge >= 0.3 is 0 Å². The summed E-state index contributed by atoms with van der Waals surface area (Å²) in [5.74, 6) is 0. The smallest absolute Gasteiger partial charge is 0.254 e. The summed E-state index contributed by atoms with van der Waals surface area (Å²) in [5, 5.41) is 3.13. The molecule has 0 radical (unpaired) electrons. The Labute approximate surface area is 102 Å². The minimum atomic E-state index is -2.34. The Kier molecular flexibility index (Phi) is 3.32. The number of benzene rings is 1. The molecule has 0 saturated carbocycles. The average Bonchev–Trinajstić information content (AvgIpc) is 2.68. The summed E-state index contributed by atoms with van der Waals surface area (Å²) in [6.07, 6.45) is 1.00. The van der Waals surface area contributed by atoms with Crippen molar-refractivity contribution in [2.24, 2.45) is 0 Å². The molecule has 0 saturated heterocycles. The zero-order chi connectivity index (χ0) is 12.5. The molecule has 3 N–H and O–H groups in total. The molecule has 2 rings (SSSR count). The first-order chi connectivity index (χ1) is 8.00. The number of aromatic nitrogens is 2. The van der Waals surface area contributed by atoms with E-state index in [0.717, 1.165) is 29.4 Å². The van der Waals surface area contributed by atoms with Gasteiger partial charge in [0.25, 0.3) is 8.32 Å². The van der Waals surface area contributed by atoms with Crippen LogP contribution in [-0.4, -0.2) is 36.7 Å². The number of hydrogen-bond acceptors (Lipinski definition) is 3. The van der Waals surface area contributed by atoms with Crippen molar-refractivity contribution in [3.8, 4) is 0 Å². The summed E-state index contributed by atoms with van der Waals surface area (Å²) in [4.78, 5) is 17.7. The van der Waals surface area contributed by atoms with Gasteiger partial charge in [0.2, 0.25) is 0 Å². The zero-order valence-corrected chi connectivity index (χ0v) is 11.5. The number of nitrogens with zero attached hydrogens (tertiary/aromatic N) is 1. The zero-order valence-electron chi connectivity index (χ0n) is 10.5. The third-order valence-corrected chi connectivity index (χ3v) is 4.19. The molecule has 2 aromatic rings. The van der Waals surface area contributed by atoms with Gasteiger partial charge in [0.1, 0.15) is 5.45 Å². The summed E-state index contributed by atoms with van der Waals surface area (Å²) < 4.78 is 0. The highest BCUT2D eigenvalue weighted by molar-refractivity contribution is 6.82. The molecule has 4 nitrogen and oxygen atoms in total. The first-order valence-corrected chi connectivity index (χ1v) is 8.81. The minimum Gasteiger partial charge on any atom is -0.425 e. The Hall–Kier alpha value is -1.17. The maximum atomic E-state index is 10.0. The first-order valence-electron chi connectivity index (χ1n) is 5.87. The predicted octanol–water partition coefficient (Wildman–Crippen LogP) is 0.729. The molecule has 0 aliphatic carbocycles. The van der Waals surface area contributed by atoms with Crippen LogP contribution in [0.4, 0.5) is 0 Å². The number of hydrogen-bond donors (Lipinski definition) is 3. The first kappa shape index (κ1) is 12.3. The molecule has 0 aliphatic heterocycles. The maximum absolute atomic E-state index is 10.0. The molecule has 1 aromatic carbocycles. The molecule has 1 heterocycles. The SMILES string of the molecule is CNCCc1ccc2nc([Si](C)(C)O)[nH]c2c1. The molecule has 0 aliphatic rings. The van der Waals surface area contributed by atoms with Crippen LogP contribution in [0.2, 0.25) is 13.1 Å². The maximum Gasteiger partial charge on any atom is 0.254 e. The fraction of sp³-hybridized carbons (Fsp3) is 0.417. The van der Waals surface area contributed by atoms with E-state index in [0.29, 0.717) is 0 Å². The molecule has 0 fully saturated rings. The lowest BCUT2D eigenvalue weighted by atomic mass is 10.1. The van der Waals surface area contributed by atoms with Crippen molar-refractivity contribution in [3.63, 3.8) is 0 Å². The van der Waals surface area contributed by atoms with Crippen LogP contribution in [0.3, 0.4) is 0 Å². The molecule has 1 aromatic heterocycles. The van der Waals surface area contributed by atoms with Crippen molar-refractivity contribution in [1.29, 1.82) is 0 Å². The van der Waals surface area contributed by atoms with Crippen molar-refractivity contribution in [2.75, 3.05) is 13.6 Å². The topological polar surface area (TPSA) is 60.9 Å². The van der Waals surface area contributed by atoms with E-state index in [1.54, 1.807) is 0 Å². The highest BCUT2D eigenvalue weighted by Crippen LogP contribution is 2.12. The van der Waals surface area contributed by atoms with E-state index in [2.05, 4.69) is 27.4 Å². The van der Waals surface area contributed by atoms with E-state index in [-0.39, 0.29) is 0 Å². The van der Waals surface area contributed by atoms with E-state index in [9.17, 15) is 4.80 Å². The molecule has 0 spiro atoms. The second-order valence-electron chi connectivity index (χ2n) is 4.85. The van der Waals surface area contributed by atoms with Gasteiger partial charge in [0.05, 0.1) is 11.0 Å². The van der Waals surface area contributed by atoms with Gasteiger partial charge in [-0.2, -0.15) is 0 Å². The van der Waals surface area contributed by atoms with Crippen LogP contribution >= 0.6 is 0 Å². The van der Waals surface area contributed by atoms with Crippen molar-refractivity contribution in [3.05, 3.63) is 23.8 Å². The molecule has 17 heavy (non-hydrogen) atoms. The fourth-order valence-electron chi connectivity index (χ4n) is 1.77. The van der Waals surface area contributed by atoms with Gasteiger partial charge < -0.3 is 15.1 Å². The van der Waals surface area contributed by atoms with E-state index in [1.165, 1.54) is 5.56 Å². The van der Waals surface area contributed by atoms with Gasteiger partial charge in [-0.15, -0.1) is 0 Å². The summed E-state index contributed by atoms with van der Waals surface area (Å²) in [6.45, 7) is 4.70. The predicted molar refractivity (Wildman–Crippen MR) is 73.1 cm³/mol. The number of imidazole rings is 1. The summed E-state index contributed by atoms with van der Waals surface area (Å²) in [5.41, 5.74) is 3.98.